The molecule has 0 spiro atoms. The first-order valence-corrected chi connectivity index (χ1v) is 12.7. The maximum atomic E-state index is 13.2. The van der Waals surface area contributed by atoms with E-state index in [1.807, 2.05) is 35.2 Å². The van der Waals surface area contributed by atoms with Gasteiger partial charge in [0.2, 0.25) is 0 Å². The third kappa shape index (κ3) is 5.48. The number of aryl methyl sites for hydroxylation is 2. The Labute approximate surface area is 218 Å². The fourth-order valence-electron chi connectivity index (χ4n) is 4.82. The van der Waals surface area contributed by atoms with Crippen LogP contribution in [0.3, 0.4) is 0 Å². The lowest BCUT2D eigenvalue weighted by molar-refractivity contribution is 0.0746. The van der Waals surface area contributed by atoms with Gasteiger partial charge in [-0.1, -0.05) is 60.2 Å². The number of amides is 1. The maximum Gasteiger partial charge on any atom is 0.254 e. The molecule has 1 aromatic heterocycles. The molecule has 6 heteroatoms. The van der Waals surface area contributed by atoms with Gasteiger partial charge in [-0.3, -0.25) is 4.79 Å². The van der Waals surface area contributed by atoms with E-state index in [1.54, 1.807) is 13.2 Å². The second-order valence-electron chi connectivity index (χ2n) is 9.48. The molecule has 2 heterocycles. The van der Waals surface area contributed by atoms with Crippen LogP contribution in [0.15, 0.2) is 78.9 Å². The number of piperazine rings is 1. The summed E-state index contributed by atoms with van der Waals surface area (Å²) in [6, 6.07) is 26.1. The summed E-state index contributed by atoms with van der Waals surface area (Å²) in [5.74, 6) is 2.42. The van der Waals surface area contributed by atoms with Crippen molar-refractivity contribution in [1.29, 1.82) is 0 Å². The maximum absolute atomic E-state index is 13.2. The molecule has 4 aromatic rings. The lowest BCUT2D eigenvalue weighted by Crippen LogP contribution is -2.49. The SMILES string of the molecule is COc1cccc(C(=O)N2CCN(c3nc(-c4cccc(C)c4)nc(C)c3Cc3ccccc3)CC2)c1. The Hall–Kier alpha value is -4.19. The summed E-state index contributed by atoms with van der Waals surface area (Å²) in [5, 5.41) is 0. The molecule has 5 rings (SSSR count). The van der Waals surface area contributed by atoms with E-state index in [2.05, 4.69) is 61.2 Å². The van der Waals surface area contributed by atoms with Crippen molar-refractivity contribution < 1.29 is 9.53 Å². The first-order valence-electron chi connectivity index (χ1n) is 12.7. The molecule has 1 aliphatic rings. The van der Waals surface area contributed by atoms with Gasteiger partial charge >= 0.3 is 0 Å². The number of aromatic nitrogens is 2. The van der Waals surface area contributed by atoms with Gasteiger partial charge in [0.05, 0.1) is 7.11 Å². The quantitative estimate of drug-likeness (QED) is 0.365. The summed E-state index contributed by atoms with van der Waals surface area (Å²) in [4.78, 5) is 27.4. The Morgan fingerprint density at radius 1 is 0.865 bits per heavy atom. The summed E-state index contributed by atoms with van der Waals surface area (Å²) in [5.41, 5.74) is 6.19. The van der Waals surface area contributed by atoms with Crippen molar-refractivity contribution in [2.24, 2.45) is 0 Å². The van der Waals surface area contributed by atoms with Crippen molar-refractivity contribution in [2.45, 2.75) is 20.3 Å². The highest BCUT2D eigenvalue weighted by atomic mass is 16.5. The predicted molar refractivity (Wildman–Crippen MR) is 147 cm³/mol. The highest BCUT2D eigenvalue weighted by molar-refractivity contribution is 5.94. The monoisotopic (exact) mass is 492 g/mol. The molecule has 1 fully saturated rings. The number of benzene rings is 3. The van der Waals surface area contributed by atoms with Crippen LogP contribution < -0.4 is 9.64 Å². The fourth-order valence-corrected chi connectivity index (χ4v) is 4.82. The van der Waals surface area contributed by atoms with Gasteiger partial charge in [-0.2, -0.15) is 0 Å². The number of methoxy groups -OCH3 is 1. The van der Waals surface area contributed by atoms with Gasteiger partial charge in [-0.15, -0.1) is 0 Å². The number of anilines is 1. The fraction of sp³-hybridized carbons (Fsp3) is 0.258. The molecule has 0 radical (unpaired) electrons. The molecule has 6 nitrogen and oxygen atoms in total. The Balaban J connectivity index is 1.43. The standard InChI is InChI=1S/C31H32N4O2/c1-22-9-7-12-25(19-22)29-32-23(2)28(20-24-10-5-4-6-11-24)30(33-29)34-15-17-35(18-16-34)31(36)26-13-8-14-27(21-26)37-3/h4-14,19,21H,15-18,20H2,1-3H3. The van der Waals surface area contributed by atoms with Gasteiger partial charge in [0.1, 0.15) is 11.6 Å². The number of ether oxygens (including phenoxy) is 1. The highest BCUT2D eigenvalue weighted by Crippen LogP contribution is 2.29. The summed E-state index contributed by atoms with van der Waals surface area (Å²) < 4.78 is 5.30. The van der Waals surface area contributed by atoms with Gasteiger partial charge < -0.3 is 14.5 Å². The van der Waals surface area contributed by atoms with Gasteiger partial charge in [0, 0.05) is 55.0 Å². The van der Waals surface area contributed by atoms with Crippen molar-refractivity contribution in [1.82, 2.24) is 14.9 Å². The summed E-state index contributed by atoms with van der Waals surface area (Å²) >= 11 is 0. The average molecular weight is 493 g/mol. The van der Waals surface area contributed by atoms with Crippen molar-refractivity contribution >= 4 is 11.7 Å². The molecule has 0 atom stereocenters. The van der Waals surface area contributed by atoms with Gasteiger partial charge in [0.15, 0.2) is 5.82 Å². The zero-order valence-electron chi connectivity index (χ0n) is 21.6. The van der Waals surface area contributed by atoms with Crippen molar-refractivity contribution in [3.63, 3.8) is 0 Å². The van der Waals surface area contributed by atoms with Crippen LogP contribution >= 0.6 is 0 Å². The summed E-state index contributed by atoms with van der Waals surface area (Å²) in [7, 11) is 1.62. The third-order valence-electron chi connectivity index (χ3n) is 6.88. The van der Waals surface area contributed by atoms with E-state index in [0.717, 1.165) is 34.9 Å². The van der Waals surface area contributed by atoms with E-state index in [-0.39, 0.29) is 5.91 Å². The molecular weight excluding hydrogens is 460 g/mol. The minimum absolute atomic E-state index is 0.0300. The largest absolute Gasteiger partial charge is 0.497 e. The lowest BCUT2D eigenvalue weighted by Gasteiger charge is -2.36. The van der Waals surface area contributed by atoms with Crippen LogP contribution in [-0.4, -0.2) is 54.1 Å². The van der Waals surface area contributed by atoms with E-state index >= 15 is 0 Å². The minimum Gasteiger partial charge on any atom is -0.497 e. The van der Waals surface area contributed by atoms with E-state index in [0.29, 0.717) is 37.5 Å². The molecule has 0 unspecified atom stereocenters. The zero-order chi connectivity index (χ0) is 25.8. The molecule has 0 saturated carbocycles. The van der Waals surface area contributed by atoms with Gasteiger partial charge in [-0.25, -0.2) is 9.97 Å². The number of nitrogens with zero attached hydrogens (tertiary/aromatic N) is 4. The predicted octanol–water partition coefficient (Wildman–Crippen LogP) is 5.32. The second kappa shape index (κ2) is 10.8. The third-order valence-corrected chi connectivity index (χ3v) is 6.88. The van der Waals surface area contributed by atoms with E-state index < -0.39 is 0 Å². The van der Waals surface area contributed by atoms with Crippen LogP contribution in [-0.2, 0) is 6.42 Å². The molecule has 1 saturated heterocycles. The Bertz CT molecular complexity index is 1400. The van der Waals surface area contributed by atoms with E-state index in [1.165, 1.54) is 11.1 Å². The molecule has 0 bridgehead atoms. The number of carbonyl (C=O) groups is 1. The molecule has 37 heavy (non-hydrogen) atoms. The first kappa shape index (κ1) is 24.5. The first-order chi connectivity index (χ1) is 18.0. The van der Waals surface area contributed by atoms with Gasteiger partial charge in [-0.05, 0) is 43.7 Å². The number of hydrogen-bond acceptors (Lipinski definition) is 5. The zero-order valence-corrected chi connectivity index (χ0v) is 21.6. The lowest BCUT2D eigenvalue weighted by atomic mass is 10.0. The molecule has 1 amide bonds. The van der Waals surface area contributed by atoms with Crippen LogP contribution in [0.5, 0.6) is 5.75 Å². The summed E-state index contributed by atoms with van der Waals surface area (Å²) in [6.07, 6.45) is 0.763. The number of hydrogen-bond donors (Lipinski definition) is 0. The van der Waals surface area contributed by atoms with E-state index in [4.69, 9.17) is 14.7 Å². The molecule has 188 valence electrons. The average Bonchev–Trinajstić information content (AvgIpc) is 2.94. The normalized spacial score (nSPS) is 13.5. The van der Waals surface area contributed by atoms with Crippen molar-refractivity contribution in [3.8, 4) is 17.1 Å². The Morgan fingerprint density at radius 3 is 2.35 bits per heavy atom. The minimum atomic E-state index is 0.0300. The van der Waals surface area contributed by atoms with E-state index in [9.17, 15) is 4.79 Å². The van der Waals surface area contributed by atoms with Crippen LogP contribution in [0.25, 0.3) is 11.4 Å². The highest BCUT2D eigenvalue weighted by Gasteiger charge is 2.26. The number of rotatable bonds is 6. The van der Waals surface area contributed by atoms with Crippen LogP contribution in [0.2, 0.25) is 0 Å². The molecule has 0 N–H and O–H groups in total. The van der Waals surface area contributed by atoms with Crippen molar-refractivity contribution in [3.05, 3.63) is 107 Å². The number of carbonyl (C=O) groups excluding carboxylic acids is 1. The molecular formula is C31H32N4O2. The smallest absolute Gasteiger partial charge is 0.254 e. The van der Waals surface area contributed by atoms with Crippen LogP contribution in [0, 0.1) is 13.8 Å². The van der Waals surface area contributed by atoms with Gasteiger partial charge in [0.25, 0.3) is 5.91 Å². The molecule has 1 aliphatic heterocycles. The van der Waals surface area contributed by atoms with Crippen LogP contribution in [0.1, 0.15) is 32.7 Å². The Kier molecular flexibility index (Phi) is 7.17. The second-order valence-corrected chi connectivity index (χ2v) is 9.48. The molecule has 3 aromatic carbocycles. The summed E-state index contributed by atoms with van der Waals surface area (Å²) in [6.45, 7) is 6.83. The van der Waals surface area contributed by atoms with Crippen molar-refractivity contribution in [2.75, 3.05) is 38.2 Å². The topological polar surface area (TPSA) is 58.6 Å². The molecule has 0 aliphatic carbocycles. The van der Waals surface area contributed by atoms with Crippen LogP contribution in [0.4, 0.5) is 5.82 Å². The Morgan fingerprint density at radius 2 is 1.62 bits per heavy atom.